The van der Waals surface area contributed by atoms with Gasteiger partial charge >= 0.3 is 5.69 Å². The lowest BCUT2D eigenvalue weighted by molar-refractivity contribution is -0.0832. The number of H-pyrrole nitrogens is 1. The van der Waals surface area contributed by atoms with Gasteiger partial charge in [0.25, 0.3) is 0 Å². The number of benzene rings is 2. The zero-order valence-electron chi connectivity index (χ0n) is 17.4. The van der Waals surface area contributed by atoms with Crippen molar-refractivity contribution in [2.45, 2.75) is 45.0 Å². The first kappa shape index (κ1) is 21.6. The molecule has 0 spiro atoms. The summed E-state index contributed by atoms with van der Waals surface area (Å²) in [6.07, 6.45) is 1.37. The van der Waals surface area contributed by atoms with Crippen molar-refractivity contribution in [3.05, 3.63) is 98.7 Å². The van der Waals surface area contributed by atoms with Crippen molar-refractivity contribution in [2.75, 3.05) is 6.61 Å². The molecule has 7 heteroatoms. The SMILES string of the molecule is Cc1cn([C@H]2C[C@H](OCc3ccccc3)[C@@H](COCc3ccccc3)O2)c(=O)[nH]c1=S. The third-order valence-electron chi connectivity index (χ3n) is 5.34. The number of rotatable bonds is 8. The van der Waals surface area contributed by atoms with E-state index in [0.717, 1.165) is 16.7 Å². The van der Waals surface area contributed by atoms with E-state index in [1.165, 1.54) is 0 Å². The third-order valence-corrected chi connectivity index (χ3v) is 5.76. The average Bonchev–Trinajstić information content (AvgIpc) is 3.19. The van der Waals surface area contributed by atoms with Crippen LogP contribution in [-0.2, 0) is 27.4 Å². The van der Waals surface area contributed by atoms with Crippen LogP contribution in [0.2, 0.25) is 0 Å². The van der Waals surface area contributed by atoms with Crippen LogP contribution in [0.1, 0.15) is 29.3 Å². The molecule has 1 aliphatic rings. The van der Waals surface area contributed by atoms with E-state index in [0.29, 0.717) is 30.9 Å². The van der Waals surface area contributed by atoms with E-state index >= 15 is 0 Å². The highest BCUT2D eigenvalue weighted by atomic mass is 32.1. The van der Waals surface area contributed by atoms with E-state index in [1.807, 2.05) is 67.6 Å². The Labute approximate surface area is 186 Å². The smallest absolute Gasteiger partial charge is 0.328 e. The molecule has 2 heterocycles. The summed E-state index contributed by atoms with van der Waals surface area (Å²) in [6, 6.07) is 20.0. The fraction of sp³-hybridized carbons (Fsp3) is 0.333. The van der Waals surface area contributed by atoms with Crippen LogP contribution in [-0.4, -0.2) is 28.4 Å². The van der Waals surface area contributed by atoms with Crippen molar-refractivity contribution in [3.8, 4) is 0 Å². The topological polar surface area (TPSA) is 65.5 Å². The van der Waals surface area contributed by atoms with Gasteiger partial charge in [0, 0.05) is 18.2 Å². The Morgan fingerprint density at radius 1 is 1.06 bits per heavy atom. The van der Waals surface area contributed by atoms with Crippen molar-refractivity contribution in [1.29, 1.82) is 0 Å². The molecule has 1 saturated heterocycles. The Morgan fingerprint density at radius 3 is 2.39 bits per heavy atom. The molecule has 1 N–H and O–H groups in total. The van der Waals surface area contributed by atoms with Gasteiger partial charge in [0.1, 0.15) is 17.0 Å². The Hall–Kier alpha value is -2.58. The highest BCUT2D eigenvalue weighted by Gasteiger charge is 2.37. The Morgan fingerprint density at radius 2 is 1.71 bits per heavy atom. The van der Waals surface area contributed by atoms with Crippen molar-refractivity contribution in [2.24, 2.45) is 0 Å². The molecule has 0 saturated carbocycles. The predicted octanol–water partition coefficient (Wildman–Crippen LogP) is 4.30. The number of nitrogens with zero attached hydrogens (tertiary/aromatic N) is 1. The van der Waals surface area contributed by atoms with Gasteiger partial charge in [-0.25, -0.2) is 4.79 Å². The number of hydrogen-bond donors (Lipinski definition) is 1. The molecule has 0 bridgehead atoms. The Kier molecular flexibility index (Phi) is 7.09. The molecule has 3 atom stereocenters. The number of aryl methyl sites for hydroxylation is 1. The normalized spacial score (nSPS) is 20.7. The summed E-state index contributed by atoms with van der Waals surface area (Å²) in [5, 5.41) is 0. The summed E-state index contributed by atoms with van der Waals surface area (Å²) < 4.78 is 20.3. The predicted molar refractivity (Wildman–Crippen MR) is 120 cm³/mol. The number of nitrogens with one attached hydrogen (secondary N) is 1. The zero-order chi connectivity index (χ0) is 21.6. The van der Waals surface area contributed by atoms with Gasteiger partial charge in [0.05, 0.1) is 25.9 Å². The molecular formula is C24H26N2O4S. The molecule has 2 aromatic carbocycles. The maximum absolute atomic E-state index is 12.5. The minimum absolute atomic E-state index is 0.198. The second-order valence-corrected chi connectivity index (χ2v) is 8.09. The number of aromatic nitrogens is 2. The number of ether oxygens (including phenoxy) is 3. The molecule has 1 aromatic heterocycles. The van der Waals surface area contributed by atoms with Crippen LogP contribution in [0.3, 0.4) is 0 Å². The minimum Gasteiger partial charge on any atom is -0.374 e. The standard InChI is InChI=1S/C24H26N2O4S/c1-17-13-26(24(27)25-23(17)31)22-12-20(29-15-19-10-6-3-7-11-19)21(30-22)16-28-14-18-8-4-2-5-9-18/h2-11,13,20-22H,12,14-16H2,1H3,(H,25,27,31)/t20-,21+,22+/m0/s1. The summed E-state index contributed by atoms with van der Waals surface area (Å²) in [7, 11) is 0. The van der Waals surface area contributed by atoms with Crippen LogP contribution in [0.15, 0.2) is 71.7 Å². The van der Waals surface area contributed by atoms with Gasteiger partial charge in [-0.1, -0.05) is 72.9 Å². The molecular weight excluding hydrogens is 412 g/mol. The Balaban J connectivity index is 1.46. The highest BCUT2D eigenvalue weighted by Crippen LogP contribution is 2.31. The lowest BCUT2D eigenvalue weighted by atomic mass is 10.1. The summed E-state index contributed by atoms with van der Waals surface area (Å²) in [5.74, 6) is 0. The fourth-order valence-corrected chi connectivity index (χ4v) is 3.78. The molecule has 1 aliphatic heterocycles. The molecule has 1 fully saturated rings. The largest absolute Gasteiger partial charge is 0.374 e. The molecule has 162 valence electrons. The van der Waals surface area contributed by atoms with Gasteiger partial charge in [-0.15, -0.1) is 0 Å². The maximum atomic E-state index is 12.5. The van der Waals surface area contributed by atoms with Crippen LogP contribution in [0.4, 0.5) is 0 Å². The third kappa shape index (κ3) is 5.57. The zero-order valence-corrected chi connectivity index (χ0v) is 18.2. The quantitative estimate of drug-likeness (QED) is 0.531. The number of hydrogen-bond acceptors (Lipinski definition) is 5. The molecule has 4 rings (SSSR count). The van der Waals surface area contributed by atoms with Gasteiger partial charge in [0.2, 0.25) is 0 Å². The maximum Gasteiger partial charge on any atom is 0.328 e. The second-order valence-electron chi connectivity index (χ2n) is 7.68. The molecule has 0 radical (unpaired) electrons. The van der Waals surface area contributed by atoms with E-state index in [4.69, 9.17) is 26.4 Å². The van der Waals surface area contributed by atoms with Gasteiger partial charge in [-0.3, -0.25) is 9.55 Å². The van der Waals surface area contributed by atoms with Crippen LogP contribution < -0.4 is 5.69 Å². The first-order valence-electron chi connectivity index (χ1n) is 10.3. The van der Waals surface area contributed by atoms with Gasteiger partial charge in [0.15, 0.2) is 0 Å². The second kappa shape index (κ2) is 10.2. The molecule has 0 aliphatic carbocycles. The molecule has 3 aromatic rings. The van der Waals surface area contributed by atoms with Crippen LogP contribution in [0.5, 0.6) is 0 Å². The number of aromatic amines is 1. The van der Waals surface area contributed by atoms with Crippen molar-refractivity contribution < 1.29 is 14.2 Å². The van der Waals surface area contributed by atoms with Crippen LogP contribution >= 0.6 is 12.2 Å². The van der Waals surface area contributed by atoms with E-state index in [2.05, 4.69) is 4.98 Å². The lowest BCUT2D eigenvalue weighted by Gasteiger charge is -2.19. The van der Waals surface area contributed by atoms with Gasteiger partial charge < -0.3 is 14.2 Å². The van der Waals surface area contributed by atoms with Gasteiger partial charge in [-0.05, 0) is 18.1 Å². The lowest BCUT2D eigenvalue weighted by Crippen LogP contribution is -2.29. The molecule has 0 amide bonds. The van der Waals surface area contributed by atoms with E-state index in [9.17, 15) is 4.79 Å². The summed E-state index contributed by atoms with van der Waals surface area (Å²) in [6.45, 7) is 3.21. The van der Waals surface area contributed by atoms with E-state index < -0.39 is 6.23 Å². The average molecular weight is 439 g/mol. The molecule has 31 heavy (non-hydrogen) atoms. The van der Waals surface area contributed by atoms with Crippen LogP contribution in [0, 0.1) is 11.6 Å². The first-order chi connectivity index (χ1) is 15.1. The van der Waals surface area contributed by atoms with Gasteiger partial charge in [-0.2, -0.15) is 0 Å². The van der Waals surface area contributed by atoms with E-state index in [1.54, 1.807) is 10.8 Å². The summed E-state index contributed by atoms with van der Waals surface area (Å²) in [4.78, 5) is 15.2. The van der Waals surface area contributed by atoms with Crippen molar-refractivity contribution >= 4 is 12.2 Å². The highest BCUT2D eigenvalue weighted by molar-refractivity contribution is 7.71. The summed E-state index contributed by atoms with van der Waals surface area (Å²) in [5.41, 5.74) is 2.73. The summed E-state index contributed by atoms with van der Waals surface area (Å²) >= 11 is 5.17. The van der Waals surface area contributed by atoms with Crippen molar-refractivity contribution in [1.82, 2.24) is 9.55 Å². The molecule has 6 nitrogen and oxygen atoms in total. The first-order valence-corrected chi connectivity index (χ1v) is 10.8. The minimum atomic E-state index is -0.441. The monoisotopic (exact) mass is 438 g/mol. The molecule has 0 unspecified atom stereocenters. The van der Waals surface area contributed by atoms with E-state index in [-0.39, 0.29) is 17.9 Å². The fourth-order valence-electron chi connectivity index (χ4n) is 3.64. The Bertz CT molecular complexity index is 1100. The van der Waals surface area contributed by atoms with Crippen molar-refractivity contribution in [3.63, 3.8) is 0 Å². The van der Waals surface area contributed by atoms with Crippen LogP contribution in [0.25, 0.3) is 0 Å².